The van der Waals surface area contributed by atoms with Crippen molar-refractivity contribution in [3.05, 3.63) is 53.2 Å². The summed E-state index contributed by atoms with van der Waals surface area (Å²) in [5.74, 6) is 1.68. The first kappa shape index (κ1) is 23.4. The lowest BCUT2D eigenvalue weighted by atomic mass is 10.1. The van der Waals surface area contributed by atoms with Crippen LogP contribution in [-0.4, -0.2) is 32.3 Å². The van der Waals surface area contributed by atoms with Crippen molar-refractivity contribution in [3.63, 3.8) is 0 Å². The maximum absolute atomic E-state index is 13.6. The molecule has 0 aliphatic rings. The van der Waals surface area contributed by atoms with Gasteiger partial charge in [-0.05, 0) is 30.3 Å². The smallest absolute Gasteiger partial charge is 0.195 e. The summed E-state index contributed by atoms with van der Waals surface area (Å²) >= 11 is 1.32. The van der Waals surface area contributed by atoms with Crippen molar-refractivity contribution < 1.29 is 18.6 Å². The SMILES string of the molecule is Br.COc1ccc(F)cc1-c1csc(NC(N)=NCc2c(OC)cccc2OC)n1. The molecule has 3 rings (SSSR count). The van der Waals surface area contributed by atoms with E-state index in [1.165, 1.54) is 30.6 Å². The minimum atomic E-state index is -0.366. The number of aliphatic imine (C=N–C) groups is 1. The highest BCUT2D eigenvalue weighted by molar-refractivity contribution is 8.93. The first-order chi connectivity index (χ1) is 14.0. The predicted molar refractivity (Wildman–Crippen MR) is 123 cm³/mol. The Balaban J connectivity index is 0.00000320. The van der Waals surface area contributed by atoms with Gasteiger partial charge in [-0.25, -0.2) is 14.4 Å². The molecular formula is C20H22BrFN4O3S. The van der Waals surface area contributed by atoms with Crippen LogP contribution in [0.25, 0.3) is 11.3 Å². The van der Waals surface area contributed by atoms with Gasteiger partial charge in [-0.1, -0.05) is 6.07 Å². The maximum atomic E-state index is 13.6. The molecule has 0 bridgehead atoms. The molecule has 0 spiro atoms. The number of methoxy groups -OCH3 is 3. The molecule has 0 saturated carbocycles. The number of nitrogens with one attached hydrogen (secondary N) is 1. The van der Waals surface area contributed by atoms with E-state index in [-0.39, 0.29) is 35.3 Å². The van der Waals surface area contributed by atoms with Crippen molar-refractivity contribution in [2.45, 2.75) is 6.54 Å². The molecule has 0 radical (unpaired) electrons. The van der Waals surface area contributed by atoms with Gasteiger partial charge in [-0.15, -0.1) is 28.3 Å². The Kier molecular flexibility index (Phi) is 8.43. The first-order valence-corrected chi connectivity index (χ1v) is 9.50. The van der Waals surface area contributed by atoms with Crippen molar-refractivity contribution in [2.75, 3.05) is 26.6 Å². The highest BCUT2D eigenvalue weighted by atomic mass is 79.9. The largest absolute Gasteiger partial charge is 0.496 e. The van der Waals surface area contributed by atoms with Gasteiger partial charge in [0, 0.05) is 10.9 Å². The zero-order chi connectivity index (χ0) is 20.8. The van der Waals surface area contributed by atoms with Crippen molar-refractivity contribution in [3.8, 4) is 28.5 Å². The Labute approximate surface area is 188 Å². The van der Waals surface area contributed by atoms with E-state index in [1.54, 1.807) is 25.7 Å². The summed E-state index contributed by atoms with van der Waals surface area (Å²) in [5, 5.41) is 5.26. The van der Waals surface area contributed by atoms with Crippen LogP contribution in [-0.2, 0) is 6.54 Å². The topological polar surface area (TPSA) is 91.0 Å². The molecule has 2 aromatic carbocycles. The Hall–Kier alpha value is -2.85. The molecule has 30 heavy (non-hydrogen) atoms. The lowest BCUT2D eigenvalue weighted by molar-refractivity contribution is 0.385. The molecule has 0 atom stereocenters. The van der Waals surface area contributed by atoms with E-state index in [0.29, 0.717) is 33.6 Å². The second-order valence-corrected chi connectivity index (χ2v) is 6.71. The number of aromatic nitrogens is 1. The van der Waals surface area contributed by atoms with E-state index in [2.05, 4.69) is 15.3 Å². The summed E-state index contributed by atoms with van der Waals surface area (Å²) in [5.41, 5.74) is 7.93. The second kappa shape index (κ2) is 10.8. The van der Waals surface area contributed by atoms with Crippen LogP contribution in [0.3, 0.4) is 0 Å². The van der Waals surface area contributed by atoms with E-state index in [1.807, 2.05) is 18.2 Å². The predicted octanol–water partition coefficient (Wildman–Crippen LogP) is 4.48. The van der Waals surface area contributed by atoms with Crippen LogP contribution in [0.2, 0.25) is 0 Å². The number of rotatable bonds is 7. The molecule has 3 N–H and O–H groups in total. The van der Waals surface area contributed by atoms with E-state index in [9.17, 15) is 4.39 Å². The van der Waals surface area contributed by atoms with Gasteiger partial charge in [0.15, 0.2) is 11.1 Å². The van der Waals surface area contributed by atoms with Crippen LogP contribution in [0.1, 0.15) is 5.56 Å². The molecule has 1 heterocycles. The van der Waals surface area contributed by atoms with Crippen molar-refractivity contribution in [1.82, 2.24) is 4.98 Å². The first-order valence-electron chi connectivity index (χ1n) is 8.62. The number of ether oxygens (including phenoxy) is 3. The molecule has 160 valence electrons. The number of nitrogens with zero attached hydrogens (tertiary/aromatic N) is 2. The number of thiazole rings is 1. The summed E-state index contributed by atoms with van der Waals surface area (Å²) in [7, 11) is 4.70. The van der Waals surface area contributed by atoms with Crippen LogP contribution in [0, 0.1) is 5.82 Å². The van der Waals surface area contributed by atoms with Crippen LogP contribution in [0.4, 0.5) is 9.52 Å². The summed E-state index contributed by atoms with van der Waals surface area (Å²) in [6, 6.07) is 9.78. The summed E-state index contributed by atoms with van der Waals surface area (Å²) in [6.07, 6.45) is 0. The third-order valence-electron chi connectivity index (χ3n) is 4.11. The standard InChI is InChI=1S/C20H21FN4O3S.BrH/c1-26-16-5-4-6-17(27-2)14(16)10-23-19(22)25-20-24-15(11-29-20)13-9-12(21)7-8-18(13)28-3;/h4-9,11H,10H2,1-3H3,(H3,22,23,24,25);1H. The maximum Gasteiger partial charge on any atom is 0.195 e. The van der Waals surface area contributed by atoms with Crippen LogP contribution in [0.15, 0.2) is 46.8 Å². The number of anilines is 1. The van der Waals surface area contributed by atoms with Crippen molar-refractivity contribution in [2.24, 2.45) is 10.7 Å². The van der Waals surface area contributed by atoms with E-state index in [4.69, 9.17) is 19.9 Å². The highest BCUT2D eigenvalue weighted by Gasteiger charge is 2.13. The molecule has 0 aliphatic carbocycles. The Bertz CT molecular complexity index is 1010. The van der Waals surface area contributed by atoms with E-state index in [0.717, 1.165) is 5.56 Å². The minimum Gasteiger partial charge on any atom is -0.496 e. The molecule has 0 amide bonds. The van der Waals surface area contributed by atoms with Crippen LogP contribution < -0.4 is 25.3 Å². The van der Waals surface area contributed by atoms with Gasteiger partial charge in [-0.3, -0.25) is 0 Å². The molecule has 3 aromatic rings. The Morgan fingerprint density at radius 2 is 1.77 bits per heavy atom. The lowest BCUT2D eigenvalue weighted by Crippen LogP contribution is -2.22. The van der Waals surface area contributed by atoms with E-state index >= 15 is 0 Å². The van der Waals surface area contributed by atoms with E-state index < -0.39 is 0 Å². The Morgan fingerprint density at radius 3 is 2.40 bits per heavy atom. The molecule has 7 nitrogen and oxygen atoms in total. The Morgan fingerprint density at radius 1 is 1.10 bits per heavy atom. The summed E-state index contributed by atoms with van der Waals surface area (Å²) in [4.78, 5) is 8.79. The molecule has 0 fully saturated rings. The van der Waals surface area contributed by atoms with Gasteiger partial charge in [0.2, 0.25) is 0 Å². The van der Waals surface area contributed by atoms with Crippen LogP contribution in [0.5, 0.6) is 17.2 Å². The molecular weight excluding hydrogens is 475 g/mol. The third kappa shape index (κ3) is 5.39. The average Bonchev–Trinajstić information content (AvgIpc) is 3.20. The number of halogens is 2. The molecule has 10 heteroatoms. The van der Waals surface area contributed by atoms with Gasteiger partial charge in [-0.2, -0.15) is 0 Å². The summed E-state index contributed by atoms with van der Waals surface area (Å²) in [6.45, 7) is 0.266. The van der Waals surface area contributed by atoms with Crippen molar-refractivity contribution >= 4 is 39.4 Å². The molecule has 1 aromatic heterocycles. The zero-order valence-electron chi connectivity index (χ0n) is 16.6. The monoisotopic (exact) mass is 496 g/mol. The van der Waals surface area contributed by atoms with Gasteiger partial charge in [0.05, 0.1) is 39.1 Å². The fourth-order valence-electron chi connectivity index (χ4n) is 2.73. The number of guanidine groups is 1. The highest BCUT2D eigenvalue weighted by Crippen LogP contribution is 2.33. The van der Waals surface area contributed by atoms with Crippen LogP contribution >= 0.6 is 28.3 Å². The molecule has 0 unspecified atom stereocenters. The number of hydrogen-bond donors (Lipinski definition) is 2. The average molecular weight is 497 g/mol. The quantitative estimate of drug-likeness (QED) is 0.370. The van der Waals surface area contributed by atoms with Gasteiger partial charge >= 0.3 is 0 Å². The van der Waals surface area contributed by atoms with Crippen molar-refractivity contribution in [1.29, 1.82) is 0 Å². The van der Waals surface area contributed by atoms with Gasteiger partial charge < -0.3 is 25.3 Å². The lowest BCUT2D eigenvalue weighted by Gasteiger charge is -2.11. The fourth-order valence-corrected chi connectivity index (χ4v) is 3.45. The zero-order valence-corrected chi connectivity index (χ0v) is 19.2. The number of benzene rings is 2. The fraction of sp³-hybridized carbons (Fsp3) is 0.200. The minimum absolute atomic E-state index is 0. The van der Waals surface area contributed by atoms with Gasteiger partial charge in [0.25, 0.3) is 0 Å². The number of hydrogen-bond acceptors (Lipinski definition) is 6. The molecule has 0 aliphatic heterocycles. The number of nitrogens with two attached hydrogens (primary N) is 1. The summed E-state index contributed by atoms with van der Waals surface area (Å²) < 4.78 is 29.6. The molecule has 0 saturated heterocycles. The third-order valence-corrected chi connectivity index (χ3v) is 4.87. The second-order valence-electron chi connectivity index (χ2n) is 5.85. The van der Waals surface area contributed by atoms with Gasteiger partial charge in [0.1, 0.15) is 23.1 Å². The normalized spacial score (nSPS) is 10.9.